The summed E-state index contributed by atoms with van der Waals surface area (Å²) in [6.07, 6.45) is 4.84. The van der Waals surface area contributed by atoms with Gasteiger partial charge in [0, 0.05) is 37.5 Å². The molecule has 5 nitrogen and oxygen atoms in total. The average molecular weight is 330 g/mol. The summed E-state index contributed by atoms with van der Waals surface area (Å²) in [4.78, 5) is 18.3. The van der Waals surface area contributed by atoms with Crippen molar-refractivity contribution < 1.29 is 13.9 Å². The zero-order valence-corrected chi connectivity index (χ0v) is 13.5. The van der Waals surface area contributed by atoms with E-state index >= 15 is 0 Å². The number of ether oxygens (including phenoxy) is 1. The lowest BCUT2D eigenvalue weighted by molar-refractivity contribution is -0.136. The molecule has 6 heteroatoms. The highest BCUT2D eigenvalue weighted by Gasteiger charge is 2.51. The minimum atomic E-state index is 0.139. The number of thioether (sulfide) groups is 1. The van der Waals surface area contributed by atoms with Gasteiger partial charge < -0.3 is 14.1 Å². The normalized spacial score (nSPS) is 22.1. The first kappa shape index (κ1) is 14.6. The molecule has 120 valence electrons. The van der Waals surface area contributed by atoms with Crippen LogP contribution in [-0.2, 0) is 11.2 Å². The molecule has 4 rings (SSSR count). The van der Waals surface area contributed by atoms with E-state index < -0.39 is 0 Å². The summed E-state index contributed by atoms with van der Waals surface area (Å²) in [5.41, 5.74) is 0. The molecule has 1 amide bonds. The number of carbonyl (C=O) groups excluding carboxylic acids is 1. The predicted octanol–water partition coefficient (Wildman–Crippen LogP) is 2.38. The fourth-order valence-corrected chi connectivity index (χ4v) is 4.71. The number of nitrogens with zero attached hydrogens (tertiary/aromatic N) is 2. The second-order valence-electron chi connectivity index (χ2n) is 6.11. The summed E-state index contributed by atoms with van der Waals surface area (Å²) < 4.78 is 11.3. The van der Waals surface area contributed by atoms with E-state index in [1.807, 2.05) is 47.0 Å². The molecule has 2 saturated heterocycles. The van der Waals surface area contributed by atoms with Crippen LogP contribution in [0.3, 0.4) is 0 Å². The van der Waals surface area contributed by atoms with Gasteiger partial charge in [-0.05, 0) is 18.2 Å². The Kier molecular flexibility index (Phi) is 3.77. The van der Waals surface area contributed by atoms with Gasteiger partial charge in [0.15, 0.2) is 0 Å². The minimum Gasteiger partial charge on any atom is -0.473 e. The molecule has 0 bridgehead atoms. The number of furan rings is 1. The molecule has 0 radical (unpaired) electrons. The third-order valence-corrected chi connectivity index (χ3v) is 5.89. The molecule has 23 heavy (non-hydrogen) atoms. The topological polar surface area (TPSA) is 55.6 Å². The monoisotopic (exact) mass is 330 g/mol. The van der Waals surface area contributed by atoms with Crippen molar-refractivity contribution >= 4 is 17.7 Å². The van der Waals surface area contributed by atoms with Gasteiger partial charge in [-0.2, -0.15) is 0 Å². The third kappa shape index (κ3) is 3.08. The lowest BCUT2D eigenvalue weighted by Crippen LogP contribution is -2.61. The molecule has 1 atom stereocenters. The molecule has 4 heterocycles. The number of carbonyl (C=O) groups is 1. The van der Waals surface area contributed by atoms with Crippen molar-refractivity contribution in [3.05, 3.63) is 48.6 Å². The number of hydrogen-bond acceptors (Lipinski definition) is 5. The maximum Gasteiger partial charge on any atom is 0.230 e. The predicted molar refractivity (Wildman–Crippen MR) is 87.5 cm³/mol. The molecule has 2 aliphatic heterocycles. The number of pyridine rings is 1. The summed E-state index contributed by atoms with van der Waals surface area (Å²) in [7, 11) is 0. The molecule has 0 unspecified atom stereocenters. The fourth-order valence-electron chi connectivity index (χ4n) is 3.19. The molecule has 1 spiro atoms. The van der Waals surface area contributed by atoms with Crippen LogP contribution >= 0.6 is 11.8 Å². The second-order valence-corrected chi connectivity index (χ2v) is 7.60. The van der Waals surface area contributed by atoms with Crippen LogP contribution in [0.1, 0.15) is 12.2 Å². The smallest absolute Gasteiger partial charge is 0.230 e. The summed E-state index contributed by atoms with van der Waals surface area (Å²) >= 11 is 1.92. The standard InChI is InChI=1S/C17H18N2O3S/c20-16(8-13-4-3-7-21-13)19-11-17(12-19)9-14(10-23-17)22-15-5-1-2-6-18-15/h1-7,14H,8-12H2/t14-/m1/s1. The highest BCUT2D eigenvalue weighted by Crippen LogP contribution is 2.46. The van der Waals surface area contributed by atoms with E-state index in [2.05, 4.69) is 4.98 Å². The van der Waals surface area contributed by atoms with E-state index in [0.717, 1.165) is 31.0 Å². The highest BCUT2D eigenvalue weighted by molar-refractivity contribution is 8.01. The van der Waals surface area contributed by atoms with E-state index in [1.54, 1.807) is 12.5 Å². The Labute approximate surface area is 139 Å². The van der Waals surface area contributed by atoms with Crippen LogP contribution in [0.2, 0.25) is 0 Å². The van der Waals surface area contributed by atoms with Crippen molar-refractivity contribution in [1.82, 2.24) is 9.88 Å². The van der Waals surface area contributed by atoms with Crippen molar-refractivity contribution in [2.75, 3.05) is 18.8 Å². The van der Waals surface area contributed by atoms with Crippen molar-refractivity contribution in [2.24, 2.45) is 0 Å². The molecule has 2 aliphatic rings. The Morgan fingerprint density at radius 3 is 3.04 bits per heavy atom. The quantitative estimate of drug-likeness (QED) is 0.861. The van der Waals surface area contributed by atoms with Crippen LogP contribution in [0.15, 0.2) is 47.2 Å². The Morgan fingerprint density at radius 1 is 1.39 bits per heavy atom. The van der Waals surface area contributed by atoms with Crippen LogP contribution < -0.4 is 4.74 Å². The molecule has 0 saturated carbocycles. The van der Waals surface area contributed by atoms with Gasteiger partial charge in [0.1, 0.15) is 11.9 Å². The molecule has 2 fully saturated rings. The van der Waals surface area contributed by atoms with E-state index in [0.29, 0.717) is 12.3 Å². The van der Waals surface area contributed by atoms with Gasteiger partial charge in [0.05, 0.1) is 17.4 Å². The van der Waals surface area contributed by atoms with Gasteiger partial charge in [0.2, 0.25) is 11.8 Å². The number of likely N-dealkylation sites (tertiary alicyclic amines) is 1. The van der Waals surface area contributed by atoms with Crippen LogP contribution in [0.4, 0.5) is 0 Å². The summed E-state index contributed by atoms with van der Waals surface area (Å²) in [5.74, 6) is 2.50. The van der Waals surface area contributed by atoms with Gasteiger partial charge in [0.25, 0.3) is 0 Å². The van der Waals surface area contributed by atoms with E-state index in [-0.39, 0.29) is 16.8 Å². The van der Waals surface area contributed by atoms with Crippen molar-refractivity contribution in [1.29, 1.82) is 0 Å². The van der Waals surface area contributed by atoms with Gasteiger partial charge in [-0.3, -0.25) is 4.79 Å². The van der Waals surface area contributed by atoms with E-state index in [9.17, 15) is 4.79 Å². The SMILES string of the molecule is O=C(Cc1ccco1)N1CC2(C[C@@H](Oc3ccccn3)CS2)C1. The van der Waals surface area contributed by atoms with Gasteiger partial charge in [-0.1, -0.05) is 6.07 Å². The Hall–Kier alpha value is -1.95. The maximum atomic E-state index is 12.2. The molecule has 2 aromatic heterocycles. The van der Waals surface area contributed by atoms with E-state index in [1.165, 1.54) is 0 Å². The van der Waals surface area contributed by atoms with Gasteiger partial charge >= 0.3 is 0 Å². The van der Waals surface area contributed by atoms with Crippen LogP contribution in [0, 0.1) is 0 Å². The van der Waals surface area contributed by atoms with Crippen molar-refractivity contribution in [3.8, 4) is 5.88 Å². The zero-order valence-electron chi connectivity index (χ0n) is 12.7. The van der Waals surface area contributed by atoms with Crippen LogP contribution in [-0.4, -0.2) is 45.5 Å². The Bertz CT molecular complexity index is 668. The lowest BCUT2D eigenvalue weighted by Gasteiger charge is -2.47. The number of hydrogen-bond donors (Lipinski definition) is 0. The van der Waals surface area contributed by atoms with Crippen molar-refractivity contribution in [3.63, 3.8) is 0 Å². The zero-order chi connectivity index (χ0) is 15.7. The molecular formula is C17H18N2O3S. The Balaban J connectivity index is 1.28. The maximum absolute atomic E-state index is 12.2. The molecular weight excluding hydrogens is 312 g/mol. The molecule has 0 aromatic carbocycles. The second kappa shape index (κ2) is 5.92. The molecule has 0 N–H and O–H groups in total. The van der Waals surface area contributed by atoms with Crippen molar-refractivity contribution in [2.45, 2.75) is 23.7 Å². The third-order valence-electron chi connectivity index (χ3n) is 4.32. The number of amides is 1. The van der Waals surface area contributed by atoms with Crippen LogP contribution in [0.25, 0.3) is 0 Å². The first-order chi connectivity index (χ1) is 11.2. The summed E-state index contributed by atoms with van der Waals surface area (Å²) in [6.45, 7) is 1.61. The first-order valence-electron chi connectivity index (χ1n) is 7.74. The average Bonchev–Trinajstić information content (AvgIpc) is 3.16. The van der Waals surface area contributed by atoms with E-state index in [4.69, 9.17) is 9.15 Å². The minimum absolute atomic E-state index is 0.139. The number of rotatable bonds is 4. The summed E-state index contributed by atoms with van der Waals surface area (Å²) in [5, 5.41) is 0. The first-order valence-corrected chi connectivity index (χ1v) is 8.73. The highest BCUT2D eigenvalue weighted by atomic mass is 32.2. The fraction of sp³-hybridized carbons (Fsp3) is 0.412. The van der Waals surface area contributed by atoms with Gasteiger partial charge in [-0.25, -0.2) is 4.98 Å². The summed E-state index contributed by atoms with van der Waals surface area (Å²) in [6, 6.07) is 9.35. The number of aromatic nitrogens is 1. The lowest BCUT2D eigenvalue weighted by atomic mass is 9.92. The van der Waals surface area contributed by atoms with Gasteiger partial charge in [-0.15, -0.1) is 11.8 Å². The van der Waals surface area contributed by atoms with Crippen LogP contribution in [0.5, 0.6) is 5.88 Å². The largest absolute Gasteiger partial charge is 0.473 e. The Morgan fingerprint density at radius 2 is 2.30 bits per heavy atom. The molecule has 0 aliphatic carbocycles. The molecule has 2 aromatic rings.